The predicted octanol–water partition coefficient (Wildman–Crippen LogP) is 7.68. The minimum Gasteiger partial charge on any atom is -0.481 e. The Balaban J connectivity index is 1.27. The van der Waals surface area contributed by atoms with E-state index in [-0.39, 0.29) is 23.4 Å². The van der Waals surface area contributed by atoms with Gasteiger partial charge in [-0.1, -0.05) is 58.7 Å². The number of hydrogen-bond donors (Lipinski definition) is 4. The number of esters is 1. The molecule has 0 aromatic heterocycles. The summed E-state index contributed by atoms with van der Waals surface area (Å²) in [5, 5.41) is 16.9. The minimum atomic E-state index is -0.680. The zero-order valence-electron chi connectivity index (χ0n) is 30.6. The van der Waals surface area contributed by atoms with Crippen molar-refractivity contribution in [1.82, 2.24) is 10.6 Å². The van der Waals surface area contributed by atoms with Gasteiger partial charge in [0.25, 0.3) is 0 Å². The highest BCUT2D eigenvalue weighted by atomic mass is 16.5. The Morgan fingerprint density at radius 2 is 1.62 bits per heavy atom. The fourth-order valence-corrected chi connectivity index (χ4v) is 11.4. The van der Waals surface area contributed by atoms with E-state index in [0.717, 1.165) is 71.1 Å². The number of nitrogens with one attached hydrogen (secondary N) is 2. The molecule has 0 amide bonds. The lowest BCUT2D eigenvalue weighted by Gasteiger charge is -2.63. The number of fused-ring (bicyclic) bond motifs is 5. The monoisotopic (exact) mass is 666 g/mol. The van der Waals surface area contributed by atoms with Crippen molar-refractivity contribution in [1.29, 1.82) is 0 Å². The molecule has 0 radical (unpaired) electrons. The smallest absolute Gasteiger partial charge is 0.338 e. The third-order valence-corrected chi connectivity index (χ3v) is 14.2. The molecule has 11 atom stereocenters. The van der Waals surface area contributed by atoms with Crippen LogP contribution in [-0.4, -0.2) is 55.4 Å². The van der Waals surface area contributed by atoms with E-state index in [9.17, 15) is 14.7 Å². The Hall–Kier alpha value is -1.96. The molecule has 0 spiro atoms. The van der Waals surface area contributed by atoms with E-state index < -0.39 is 5.97 Å². The first-order valence-electron chi connectivity index (χ1n) is 19.7. The van der Waals surface area contributed by atoms with Crippen LogP contribution < -0.4 is 16.4 Å². The first-order valence-corrected chi connectivity index (χ1v) is 19.7. The number of ether oxygens (including phenoxy) is 1. The molecule has 1 aromatic carbocycles. The van der Waals surface area contributed by atoms with Gasteiger partial charge in [0.05, 0.1) is 11.5 Å². The Morgan fingerprint density at radius 3 is 2.38 bits per heavy atom. The Bertz CT molecular complexity index is 1180. The summed E-state index contributed by atoms with van der Waals surface area (Å²) in [7, 11) is 0. The summed E-state index contributed by atoms with van der Waals surface area (Å²) >= 11 is 0. The maximum atomic E-state index is 13.7. The van der Waals surface area contributed by atoms with Gasteiger partial charge in [0.2, 0.25) is 0 Å². The number of carbonyl (C=O) groups excluding carboxylic acids is 1. The van der Waals surface area contributed by atoms with Crippen molar-refractivity contribution >= 4 is 11.9 Å². The van der Waals surface area contributed by atoms with Crippen molar-refractivity contribution in [3.05, 3.63) is 35.9 Å². The van der Waals surface area contributed by atoms with Gasteiger partial charge in [-0.2, -0.15) is 0 Å². The van der Waals surface area contributed by atoms with Gasteiger partial charge in [0.15, 0.2) is 0 Å². The third-order valence-electron chi connectivity index (χ3n) is 14.2. The van der Waals surface area contributed by atoms with Crippen LogP contribution in [0.3, 0.4) is 0 Å². The Labute approximate surface area is 291 Å². The second-order valence-corrected chi connectivity index (χ2v) is 16.9. The largest absolute Gasteiger partial charge is 0.481 e. The molecule has 4 fully saturated rings. The summed E-state index contributed by atoms with van der Waals surface area (Å²) in [6.07, 6.45) is 15.8. The van der Waals surface area contributed by atoms with Gasteiger partial charge in [-0.15, -0.1) is 0 Å². The average Bonchev–Trinajstić information content (AvgIpc) is 3.43. The van der Waals surface area contributed by atoms with E-state index in [1.54, 1.807) is 0 Å². The number of benzene rings is 1. The number of hydrogen-bond acceptors (Lipinski definition) is 6. The molecule has 7 heteroatoms. The fourth-order valence-electron chi connectivity index (χ4n) is 11.4. The van der Waals surface area contributed by atoms with Gasteiger partial charge in [0.1, 0.15) is 6.10 Å². The molecule has 1 aromatic rings. The van der Waals surface area contributed by atoms with E-state index in [4.69, 9.17) is 10.5 Å². The summed E-state index contributed by atoms with van der Waals surface area (Å²) < 4.78 is 6.66. The molecule has 0 heterocycles. The molecular weight excluding hydrogens is 598 g/mol. The second kappa shape index (κ2) is 16.8. The summed E-state index contributed by atoms with van der Waals surface area (Å²) in [5.41, 5.74) is 6.82. The summed E-state index contributed by atoms with van der Waals surface area (Å²) in [5.74, 6) is 2.26. The maximum absolute atomic E-state index is 13.7. The van der Waals surface area contributed by atoms with E-state index in [1.807, 2.05) is 37.3 Å². The highest BCUT2D eigenvalue weighted by Crippen LogP contribution is 2.68. The van der Waals surface area contributed by atoms with E-state index in [1.165, 1.54) is 44.9 Å². The molecule has 270 valence electrons. The first-order chi connectivity index (χ1) is 23.1. The van der Waals surface area contributed by atoms with Crippen molar-refractivity contribution < 1.29 is 19.4 Å². The second-order valence-electron chi connectivity index (χ2n) is 16.9. The van der Waals surface area contributed by atoms with Crippen LogP contribution in [0, 0.1) is 52.3 Å². The lowest BCUT2D eigenvalue weighted by atomic mass is 9.43. The molecule has 4 aliphatic carbocycles. The highest BCUT2D eigenvalue weighted by Gasteiger charge is 2.63. The lowest BCUT2D eigenvalue weighted by molar-refractivity contribution is -0.168. The van der Waals surface area contributed by atoms with Gasteiger partial charge in [-0.3, -0.25) is 4.79 Å². The molecule has 4 aliphatic rings. The molecule has 4 saturated carbocycles. The molecule has 7 nitrogen and oxygen atoms in total. The zero-order chi connectivity index (χ0) is 34.3. The highest BCUT2D eigenvalue weighted by molar-refractivity contribution is 5.89. The summed E-state index contributed by atoms with van der Waals surface area (Å²) in [6, 6.07) is 10.1. The van der Waals surface area contributed by atoms with Crippen LogP contribution in [0.1, 0.15) is 128 Å². The lowest BCUT2D eigenvalue weighted by Crippen LogP contribution is -2.60. The molecule has 0 bridgehead atoms. The van der Waals surface area contributed by atoms with Crippen molar-refractivity contribution in [3.8, 4) is 0 Å². The number of carbonyl (C=O) groups is 2. The average molecular weight is 666 g/mol. The quantitative estimate of drug-likeness (QED) is 0.0997. The maximum Gasteiger partial charge on any atom is 0.338 e. The van der Waals surface area contributed by atoms with E-state index in [2.05, 4.69) is 31.4 Å². The van der Waals surface area contributed by atoms with Crippen LogP contribution in [0.15, 0.2) is 30.3 Å². The number of nitrogens with two attached hydrogens (primary N) is 1. The fraction of sp³-hybridized carbons (Fsp3) is 0.805. The van der Waals surface area contributed by atoms with Crippen molar-refractivity contribution in [3.63, 3.8) is 0 Å². The summed E-state index contributed by atoms with van der Waals surface area (Å²) in [6.45, 7) is 13.4. The Kier molecular flexibility index (Phi) is 13.1. The van der Waals surface area contributed by atoms with Crippen LogP contribution in [0.4, 0.5) is 0 Å². The van der Waals surface area contributed by atoms with E-state index in [0.29, 0.717) is 52.5 Å². The first kappa shape index (κ1) is 37.3. The number of rotatable bonds is 17. The topological polar surface area (TPSA) is 114 Å². The van der Waals surface area contributed by atoms with Crippen LogP contribution in [-0.2, 0) is 9.53 Å². The third kappa shape index (κ3) is 8.32. The molecular formula is C41H67N3O4. The van der Waals surface area contributed by atoms with Crippen LogP contribution in [0.2, 0.25) is 0 Å². The van der Waals surface area contributed by atoms with Gasteiger partial charge >= 0.3 is 11.9 Å². The van der Waals surface area contributed by atoms with Crippen molar-refractivity contribution in [2.45, 2.75) is 130 Å². The molecule has 0 saturated heterocycles. The van der Waals surface area contributed by atoms with Gasteiger partial charge < -0.3 is 26.2 Å². The predicted molar refractivity (Wildman–Crippen MR) is 194 cm³/mol. The minimum absolute atomic E-state index is 0.0349. The molecule has 0 aliphatic heterocycles. The number of carboxylic acids is 1. The number of carboxylic acid groups (broad SMARTS) is 1. The van der Waals surface area contributed by atoms with Crippen molar-refractivity contribution in [2.24, 2.45) is 58.0 Å². The van der Waals surface area contributed by atoms with Gasteiger partial charge in [-0.25, -0.2) is 4.79 Å². The van der Waals surface area contributed by atoms with Crippen LogP contribution in [0.5, 0.6) is 0 Å². The molecule has 5 rings (SSSR count). The summed E-state index contributed by atoms with van der Waals surface area (Å²) in [4.78, 5) is 25.1. The number of unbranched alkanes of at least 4 members (excludes halogenated alkanes) is 1. The zero-order valence-corrected chi connectivity index (χ0v) is 30.6. The Morgan fingerprint density at radius 1 is 0.896 bits per heavy atom. The number of aliphatic carboxylic acids is 1. The van der Waals surface area contributed by atoms with Gasteiger partial charge in [0, 0.05) is 12.0 Å². The normalized spacial score (nSPS) is 35.6. The molecule has 5 N–H and O–H groups in total. The SMILES string of the molecule is CC(CCC[C@@H](C)C1CCC2C3C(CCC21C)C1(C)CCC(NCCCNCCCCN)C[C@@H]1C[C@H]3OC(=O)c1ccccc1)C(=O)O. The van der Waals surface area contributed by atoms with Crippen LogP contribution in [0.25, 0.3) is 0 Å². The van der Waals surface area contributed by atoms with Crippen molar-refractivity contribution in [2.75, 3.05) is 26.2 Å². The molecule has 8 unspecified atom stereocenters. The van der Waals surface area contributed by atoms with Crippen LogP contribution >= 0.6 is 0 Å². The standard InChI is InChI=1S/C41H67N3O4/c1-28(12-10-13-29(2)38(45)46)33-16-17-34-37-35(19-21-41(33,34)4)40(3)20-18-32(44-25-11-24-43-23-9-8-22-42)26-31(40)27-36(37)48-39(47)30-14-6-5-7-15-30/h5-7,14-15,28-29,31-37,43-44H,8-13,16-27,42H2,1-4H3,(H,45,46)/t28-,29?,31-,32?,33?,34?,35?,36-,37?,40?,41?/m1/s1. The molecule has 48 heavy (non-hydrogen) atoms. The van der Waals surface area contributed by atoms with E-state index >= 15 is 0 Å². The van der Waals surface area contributed by atoms with Gasteiger partial charge in [-0.05, 0) is 156 Å².